The Balaban J connectivity index is 0.000000152. The molecule has 140 heavy (non-hydrogen) atoms. The largest absolute Gasteiger partial charge is 0.457 e. The number of halogens is 7. The maximum absolute atomic E-state index is 13.1. The summed E-state index contributed by atoms with van der Waals surface area (Å²) in [5, 5.41) is 24.2. The van der Waals surface area contributed by atoms with Crippen molar-refractivity contribution >= 4 is 142 Å². The smallest absolute Gasteiger partial charge is 0.211 e. The first-order valence-electron chi connectivity index (χ1n) is 42.1. The Morgan fingerprint density at radius 2 is 0.671 bits per heavy atom. The van der Waals surface area contributed by atoms with Crippen LogP contribution < -0.4 is 23.7 Å². The summed E-state index contributed by atoms with van der Waals surface area (Å²) in [6.45, 7) is 40.2. The van der Waals surface area contributed by atoms with Crippen molar-refractivity contribution in [3.05, 3.63) is 495 Å². The summed E-state index contributed by atoms with van der Waals surface area (Å²) in [7, 11) is 4.34. The first-order chi connectivity index (χ1) is 67.2. The van der Waals surface area contributed by atoms with Gasteiger partial charge in [-0.05, 0) is 332 Å². The van der Waals surface area contributed by atoms with Crippen molar-refractivity contribution in [3.63, 3.8) is 0 Å². The molecule has 0 bridgehead atoms. The van der Waals surface area contributed by atoms with Crippen molar-refractivity contribution in [2.24, 2.45) is 4.30 Å². The average molecular weight is 2050 g/mol. The van der Waals surface area contributed by atoms with Gasteiger partial charge in [-0.1, -0.05) is 112 Å². The minimum atomic E-state index is -0.868. The van der Waals surface area contributed by atoms with Gasteiger partial charge in [0.25, 0.3) is 0 Å². The van der Waals surface area contributed by atoms with E-state index in [0.717, 1.165) is 109 Å². The number of nitrogens with one attached hydrogen (secondary N) is 1. The zero-order valence-electron chi connectivity index (χ0n) is 72.9. The molecule has 0 amide bonds. The van der Waals surface area contributed by atoms with Gasteiger partial charge in [0, 0.05) is 73.6 Å². The van der Waals surface area contributed by atoms with Crippen LogP contribution in [0, 0.1) is 65.5 Å². The number of ether oxygens (including phenoxy) is 5. The first-order valence-corrected chi connectivity index (χ1v) is 44.4. The van der Waals surface area contributed by atoms with Crippen molar-refractivity contribution in [1.82, 2.24) is 23.3 Å². The van der Waals surface area contributed by atoms with Crippen LogP contribution in [0.5, 0.6) is 57.5 Å². The molecule has 20 rings (SSSR count). The molecule has 18 nitrogen and oxygen atoms in total. The van der Waals surface area contributed by atoms with Crippen LogP contribution in [0.3, 0.4) is 0 Å². The van der Waals surface area contributed by atoms with E-state index in [4.69, 9.17) is 56.5 Å². The summed E-state index contributed by atoms with van der Waals surface area (Å²) in [6.07, 6.45) is 11.7. The topological polar surface area (TPSA) is 156 Å². The van der Waals surface area contributed by atoms with Gasteiger partial charge in [-0.2, -0.15) is 0 Å². The number of hydrogen-bond donors (Lipinski definition) is 4. The average Bonchev–Trinajstić information content (AvgIpc) is 1.62. The van der Waals surface area contributed by atoms with Gasteiger partial charge < -0.3 is 57.1 Å². The number of hydrogen-bond acceptors (Lipinski definition) is 9. The molecule has 5 aromatic heterocycles. The second-order valence-electron chi connectivity index (χ2n) is 30.0. The number of aliphatic hydroxyl groups is 2. The minimum absolute atomic E-state index is 0. The number of aromatic nitrogens is 5. The predicted octanol–water partition coefficient (Wildman–Crippen LogP) is 33.2. The number of fused-ring (bicyclic) bond motifs is 5. The van der Waals surface area contributed by atoms with Crippen LogP contribution in [0.2, 0.25) is 0 Å². The number of para-hydroxylation sites is 5. The second kappa shape index (κ2) is 49.6. The third-order valence-corrected chi connectivity index (χ3v) is 22.3. The van der Waals surface area contributed by atoms with E-state index in [1.54, 1.807) is 78.9 Å². The fraction of sp³-hybridized carbons (Fsp3) is 0.0531. The first kappa shape index (κ1) is 102. The van der Waals surface area contributed by atoms with Crippen LogP contribution >= 0.6 is 51.3 Å². The number of aromatic amines is 1. The molecule has 0 fully saturated rings. The monoisotopic (exact) mass is 2050 g/mol. The number of rotatable bonds is 19. The van der Waals surface area contributed by atoms with Gasteiger partial charge in [-0.15, -0.1) is 6.58 Å². The zero-order chi connectivity index (χ0) is 97.0. The van der Waals surface area contributed by atoms with E-state index in [1.165, 1.54) is 60.7 Å². The second-order valence-corrected chi connectivity index (χ2v) is 32.3. The molecule has 0 aliphatic carbocycles. The van der Waals surface area contributed by atoms with Crippen LogP contribution in [-0.2, 0) is 12.8 Å². The number of nitrogens with zero attached hydrogens (tertiary/aromatic N) is 10. The van der Waals surface area contributed by atoms with Crippen molar-refractivity contribution in [1.29, 1.82) is 0 Å². The molecule has 0 spiro atoms. The van der Waals surface area contributed by atoms with E-state index in [1.807, 2.05) is 255 Å². The van der Waals surface area contributed by atoms with E-state index in [0.29, 0.717) is 80.2 Å². The Labute approximate surface area is 834 Å². The zero-order valence-corrected chi connectivity index (χ0v) is 77.5. The third kappa shape index (κ3) is 26.1. The molecular formula is C113H84BBrF5IN11O7S. The molecule has 3 N–H and O–H groups in total. The van der Waals surface area contributed by atoms with Crippen molar-refractivity contribution in [2.45, 2.75) is 33.8 Å². The Kier molecular flexibility index (Phi) is 36.2. The number of benzene rings is 15. The fourth-order valence-electron chi connectivity index (χ4n) is 14.6. The van der Waals surface area contributed by atoms with Gasteiger partial charge in [0.1, 0.15) is 86.6 Å². The van der Waals surface area contributed by atoms with Crippen LogP contribution in [0.1, 0.15) is 26.0 Å². The molecule has 1 radical (unpaired) electrons. The number of thiol groups is 1. The molecular weight excluding hydrogens is 1970 g/mol. The van der Waals surface area contributed by atoms with Gasteiger partial charge >= 0.3 is 24.8 Å². The molecule has 0 saturated carbocycles. The quantitative estimate of drug-likeness (QED) is 0.0157. The molecule has 20 aromatic rings. The summed E-state index contributed by atoms with van der Waals surface area (Å²) in [5.41, 5.74) is 12.9. The summed E-state index contributed by atoms with van der Waals surface area (Å²) in [5.74, 6) is 4.75. The molecule has 27 heteroatoms. The van der Waals surface area contributed by atoms with E-state index in [-0.39, 0.29) is 57.0 Å². The van der Waals surface area contributed by atoms with Gasteiger partial charge in [0.2, 0.25) is 28.4 Å². The van der Waals surface area contributed by atoms with Crippen LogP contribution in [0.4, 0.5) is 50.4 Å². The fourth-order valence-corrected chi connectivity index (χ4v) is 15.5. The summed E-state index contributed by atoms with van der Waals surface area (Å²) in [6, 6.07) is 99.4. The van der Waals surface area contributed by atoms with Gasteiger partial charge in [0.05, 0.1) is 73.2 Å². The molecule has 15 aromatic carbocycles. The van der Waals surface area contributed by atoms with E-state index < -0.39 is 6.10 Å². The molecule has 5 heterocycles. The molecule has 0 aliphatic rings. The molecule has 1 atom stereocenters. The Morgan fingerprint density at radius 1 is 0.386 bits per heavy atom. The van der Waals surface area contributed by atoms with Crippen molar-refractivity contribution in [3.8, 4) is 80.2 Å². The van der Waals surface area contributed by atoms with Crippen molar-refractivity contribution in [2.75, 3.05) is 6.61 Å². The Bertz CT molecular complexity index is 7810. The Hall–Kier alpha value is -16.8. The van der Waals surface area contributed by atoms with Crippen LogP contribution in [0.15, 0.2) is 398 Å². The summed E-state index contributed by atoms with van der Waals surface area (Å²) in [4.78, 5) is 21.0. The molecule has 0 unspecified atom stereocenters. The molecule has 691 valence electrons. The standard InChI is InChI=1S/C24H19FN2O3.C24H17FN2O.C21H12BrFN2O.C21H13FN2O.C12H8FIO.C9H6N2.2CH4.BHNS/c1-26-23-4-2-3-22-16(13-19(29)15-28)14-27(24(22)23)18-7-11-21(12-8-18)30-20-9-5-17(25)6-10-20;1-3-5-17-16-27(24-22(17)6-4-7-23(24)26-2)19-10-14-21(15-11-19)28-20-12-8-18(25)9-13-20;1-24-20-4-2-3-18-19(22)13-25(21(18)20)15-7-11-17(12-8-15)26-16-9-5-14(23)6-10-16;1-23-20-4-2-3-15-13-14-24(21(15)20)17-7-11-19(12-8-17)25-18-9-5-16(22)6-10-18;13-9-1-5-11(6-2-9)15-12-7-3-10(14)4-8-12;1-10-8-4-2-3-7-5-6-11-9(7)8;;;1-2-3/h2-12,14,19,28-29H,13,15H2;3-4,6-16H,1,5H2;2-13H;2-14H;1-8H;2-6,11H;2*1H4;3H/t19-;;;;;;;;/m0......../s1. The Morgan fingerprint density at radius 3 is 1.02 bits per heavy atom. The van der Waals surface area contributed by atoms with Crippen LogP contribution in [0.25, 0.3) is 101 Å². The van der Waals surface area contributed by atoms with E-state index in [9.17, 15) is 32.2 Å². The third-order valence-electron chi connectivity index (χ3n) is 20.9. The van der Waals surface area contributed by atoms with E-state index >= 15 is 0 Å². The van der Waals surface area contributed by atoms with Crippen molar-refractivity contribution < 1.29 is 55.8 Å². The summed E-state index contributed by atoms with van der Waals surface area (Å²) < 4.78 is 106. The number of aliphatic hydroxyl groups excluding tert-OH is 2. The normalized spacial score (nSPS) is 10.5. The maximum atomic E-state index is 13.1. The minimum Gasteiger partial charge on any atom is -0.457 e. The maximum Gasteiger partial charge on any atom is 0.211 e. The van der Waals surface area contributed by atoms with Gasteiger partial charge in [-0.3, -0.25) is 0 Å². The summed E-state index contributed by atoms with van der Waals surface area (Å²) >= 11 is 8.98. The van der Waals surface area contributed by atoms with E-state index in [2.05, 4.69) is 105 Å². The number of allylic oxidation sites excluding steroid dienone is 1. The van der Waals surface area contributed by atoms with Gasteiger partial charge in [-0.25, -0.2) is 46.2 Å². The number of H-pyrrole nitrogens is 1. The van der Waals surface area contributed by atoms with Crippen LogP contribution in [-0.4, -0.2) is 53.8 Å². The molecule has 0 saturated heterocycles. The predicted molar refractivity (Wildman–Crippen MR) is 563 cm³/mol. The van der Waals surface area contributed by atoms with Gasteiger partial charge in [0.15, 0.2) is 0 Å². The SMILES string of the molecule is C.C.Fc1ccc(Oc2ccc(I)cc2)cc1.[B]=NS.[C-]#[N+]c1cccc2c(Br)cn(-c3ccc(Oc4ccc(F)cc4)cc3)c12.[C-]#[N+]c1cccc2c(CC=C)cn(-c3ccc(Oc4ccc(F)cc4)cc3)c12.[C-]#[N+]c1cccc2c(C[C@H](O)CO)cn(-c3ccc(Oc4ccc(F)cc4)cc3)c12.[C-]#[N+]c1cccc2cc[nH]c12.[C-]#[N+]c1cccc2ccn(-c3ccc(Oc4ccc(F)cc4)cc3)c12. The molecule has 0 aliphatic heterocycles.